The Labute approximate surface area is 90.8 Å². The van der Waals surface area contributed by atoms with Crippen molar-refractivity contribution in [3.8, 4) is 0 Å². The third-order valence-corrected chi connectivity index (χ3v) is 3.28. The maximum absolute atomic E-state index is 10.6. The molecule has 1 saturated carbocycles. The summed E-state index contributed by atoms with van der Waals surface area (Å²) in [6.45, 7) is 2.80. The van der Waals surface area contributed by atoms with Crippen LogP contribution < -0.4 is 5.73 Å². The monoisotopic (exact) mass is 215 g/mol. The first-order chi connectivity index (χ1) is 7.15. The molecular weight excluding hydrogens is 194 g/mol. The zero-order valence-corrected chi connectivity index (χ0v) is 9.32. The molecular formula is C11H21NO3. The molecule has 3 unspecified atom stereocenters. The van der Waals surface area contributed by atoms with E-state index in [4.69, 9.17) is 15.6 Å². The highest BCUT2D eigenvalue weighted by atomic mass is 16.5. The van der Waals surface area contributed by atoms with Crippen LogP contribution >= 0.6 is 0 Å². The van der Waals surface area contributed by atoms with Crippen molar-refractivity contribution in [3.63, 3.8) is 0 Å². The van der Waals surface area contributed by atoms with Crippen LogP contribution in [0.25, 0.3) is 0 Å². The molecule has 1 rings (SSSR count). The van der Waals surface area contributed by atoms with Crippen molar-refractivity contribution in [2.45, 2.75) is 38.7 Å². The van der Waals surface area contributed by atoms with Gasteiger partial charge in [0.15, 0.2) is 6.10 Å². The first-order valence-electron chi connectivity index (χ1n) is 5.69. The van der Waals surface area contributed by atoms with Gasteiger partial charge in [0, 0.05) is 0 Å². The van der Waals surface area contributed by atoms with Crippen molar-refractivity contribution in [3.05, 3.63) is 0 Å². The molecule has 0 bridgehead atoms. The van der Waals surface area contributed by atoms with E-state index in [9.17, 15) is 4.79 Å². The van der Waals surface area contributed by atoms with Crippen molar-refractivity contribution in [1.29, 1.82) is 0 Å². The highest BCUT2D eigenvalue weighted by Crippen LogP contribution is 2.29. The van der Waals surface area contributed by atoms with Gasteiger partial charge < -0.3 is 15.6 Å². The summed E-state index contributed by atoms with van der Waals surface area (Å²) in [5.74, 6) is 0.0698. The molecule has 0 aromatic rings. The predicted octanol–water partition coefficient (Wildman–Crippen LogP) is 1.24. The quantitative estimate of drug-likeness (QED) is 0.723. The minimum Gasteiger partial charge on any atom is -0.479 e. The van der Waals surface area contributed by atoms with E-state index in [-0.39, 0.29) is 0 Å². The van der Waals surface area contributed by atoms with E-state index in [0.717, 1.165) is 12.8 Å². The Balaban J connectivity index is 2.32. The summed E-state index contributed by atoms with van der Waals surface area (Å²) in [7, 11) is 0. The van der Waals surface area contributed by atoms with Gasteiger partial charge >= 0.3 is 5.97 Å². The van der Waals surface area contributed by atoms with Gasteiger partial charge in [-0.25, -0.2) is 4.79 Å². The predicted molar refractivity (Wildman–Crippen MR) is 57.6 cm³/mol. The fourth-order valence-electron chi connectivity index (χ4n) is 2.15. The van der Waals surface area contributed by atoms with Crippen LogP contribution in [0.4, 0.5) is 0 Å². The number of aliphatic carboxylic acids is 1. The highest BCUT2D eigenvalue weighted by molar-refractivity contribution is 5.71. The van der Waals surface area contributed by atoms with Crippen LogP contribution in [-0.2, 0) is 9.53 Å². The molecule has 0 spiro atoms. The minimum atomic E-state index is -0.893. The molecule has 0 heterocycles. The summed E-state index contributed by atoms with van der Waals surface area (Å²) in [6.07, 6.45) is 4.03. The molecule has 3 atom stereocenters. The van der Waals surface area contributed by atoms with E-state index in [0.29, 0.717) is 25.0 Å². The molecule has 4 heteroatoms. The van der Waals surface area contributed by atoms with Crippen molar-refractivity contribution >= 4 is 5.97 Å². The lowest BCUT2D eigenvalue weighted by Crippen LogP contribution is -2.32. The Bertz CT molecular complexity index is 208. The van der Waals surface area contributed by atoms with Gasteiger partial charge in [-0.3, -0.25) is 0 Å². The minimum absolute atomic E-state index is 0.450. The van der Waals surface area contributed by atoms with E-state index in [1.54, 1.807) is 6.92 Å². The Hall–Kier alpha value is -0.610. The molecule has 0 aromatic heterocycles. The van der Waals surface area contributed by atoms with Crippen molar-refractivity contribution < 1.29 is 14.6 Å². The largest absolute Gasteiger partial charge is 0.479 e. The first kappa shape index (κ1) is 12.5. The maximum atomic E-state index is 10.6. The molecule has 15 heavy (non-hydrogen) atoms. The molecule has 0 radical (unpaired) electrons. The topological polar surface area (TPSA) is 72.5 Å². The van der Waals surface area contributed by atoms with E-state index in [2.05, 4.69) is 0 Å². The van der Waals surface area contributed by atoms with Crippen molar-refractivity contribution in [2.75, 3.05) is 13.2 Å². The summed E-state index contributed by atoms with van der Waals surface area (Å²) in [5, 5.41) is 8.68. The Kier molecular flexibility index (Phi) is 5.05. The third kappa shape index (κ3) is 3.80. The summed E-state index contributed by atoms with van der Waals surface area (Å²) >= 11 is 0. The highest BCUT2D eigenvalue weighted by Gasteiger charge is 2.25. The standard InChI is InChI=1S/C11H21NO3/c1-8(11(13)14)15-7-10-5-3-2-4-9(10)6-12/h8-10H,2-7,12H2,1H3,(H,13,14). The summed E-state index contributed by atoms with van der Waals surface area (Å²) < 4.78 is 5.32. The molecule has 1 aliphatic carbocycles. The number of rotatable bonds is 5. The third-order valence-electron chi connectivity index (χ3n) is 3.28. The maximum Gasteiger partial charge on any atom is 0.332 e. The molecule has 3 N–H and O–H groups in total. The van der Waals surface area contributed by atoms with Gasteiger partial charge in [-0.1, -0.05) is 12.8 Å². The normalized spacial score (nSPS) is 28.7. The van der Waals surface area contributed by atoms with Crippen LogP contribution in [-0.4, -0.2) is 30.3 Å². The van der Waals surface area contributed by atoms with Crippen LogP contribution in [0.15, 0.2) is 0 Å². The van der Waals surface area contributed by atoms with Crippen LogP contribution in [0.1, 0.15) is 32.6 Å². The lowest BCUT2D eigenvalue weighted by molar-refractivity contribution is -0.150. The second-order valence-electron chi connectivity index (χ2n) is 4.35. The van der Waals surface area contributed by atoms with Crippen molar-refractivity contribution in [1.82, 2.24) is 0 Å². The second-order valence-corrected chi connectivity index (χ2v) is 4.35. The molecule has 0 aliphatic heterocycles. The lowest BCUT2D eigenvalue weighted by atomic mass is 9.80. The van der Waals surface area contributed by atoms with Gasteiger partial charge in [0.25, 0.3) is 0 Å². The number of hydrogen-bond acceptors (Lipinski definition) is 3. The van der Waals surface area contributed by atoms with Crippen LogP contribution in [0.5, 0.6) is 0 Å². The van der Waals surface area contributed by atoms with Crippen LogP contribution in [0.3, 0.4) is 0 Å². The van der Waals surface area contributed by atoms with E-state index < -0.39 is 12.1 Å². The number of nitrogens with two attached hydrogens (primary N) is 1. The summed E-state index contributed by atoms with van der Waals surface area (Å²) in [5.41, 5.74) is 5.69. The number of ether oxygens (including phenoxy) is 1. The molecule has 1 aliphatic rings. The lowest BCUT2D eigenvalue weighted by Gasteiger charge is -2.30. The smallest absolute Gasteiger partial charge is 0.332 e. The van der Waals surface area contributed by atoms with E-state index in [1.807, 2.05) is 0 Å². The zero-order valence-electron chi connectivity index (χ0n) is 9.32. The zero-order chi connectivity index (χ0) is 11.3. The van der Waals surface area contributed by atoms with Gasteiger partial charge in [-0.05, 0) is 38.1 Å². The number of carboxylic acids is 1. The Morgan fingerprint density at radius 3 is 2.60 bits per heavy atom. The second kappa shape index (κ2) is 6.08. The van der Waals surface area contributed by atoms with E-state index >= 15 is 0 Å². The van der Waals surface area contributed by atoms with Gasteiger partial charge in [-0.2, -0.15) is 0 Å². The Morgan fingerprint density at radius 1 is 1.47 bits per heavy atom. The SMILES string of the molecule is CC(OCC1CCCCC1CN)C(=O)O. The summed E-state index contributed by atoms with van der Waals surface area (Å²) in [6, 6.07) is 0. The Morgan fingerprint density at radius 2 is 2.07 bits per heavy atom. The number of carbonyl (C=O) groups is 1. The summed E-state index contributed by atoms with van der Waals surface area (Å²) in [4.78, 5) is 10.6. The number of carboxylic acid groups (broad SMARTS) is 1. The molecule has 0 aromatic carbocycles. The molecule has 1 fully saturated rings. The fraction of sp³-hybridized carbons (Fsp3) is 0.909. The van der Waals surface area contributed by atoms with Crippen LogP contribution in [0.2, 0.25) is 0 Å². The van der Waals surface area contributed by atoms with Crippen molar-refractivity contribution in [2.24, 2.45) is 17.6 Å². The van der Waals surface area contributed by atoms with Gasteiger partial charge in [0.1, 0.15) is 0 Å². The van der Waals surface area contributed by atoms with Gasteiger partial charge in [0.05, 0.1) is 6.61 Å². The molecule has 88 valence electrons. The van der Waals surface area contributed by atoms with Gasteiger partial charge in [-0.15, -0.1) is 0 Å². The number of hydrogen-bond donors (Lipinski definition) is 2. The van der Waals surface area contributed by atoms with E-state index in [1.165, 1.54) is 12.8 Å². The first-order valence-corrected chi connectivity index (χ1v) is 5.69. The average molecular weight is 215 g/mol. The van der Waals surface area contributed by atoms with Gasteiger partial charge in [0.2, 0.25) is 0 Å². The average Bonchev–Trinajstić information content (AvgIpc) is 2.26. The molecule has 4 nitrogen and oxygen atoms in total. The van der Waals surface area contributed by atoms with Crippen LogP contribution in [0, 0.1) is 11.8 Å². The molecule has 0 amide bonds. The molecule has 0 saturated heterocycles. The fourth-order valence-corrected chi connectivity index (χ4v) is 2.15.